The summed E-state index contributed by atoms with van der Waals surface area (Å²) in [6.45, 7) is 1.21. The van der Waals surface area contributed by atoms with Gasteiger partial charge in [0.1, 0.15) is 17.4 Å². The van der Waals surface area contributed by atoms with Gasteiger partial charge in [0, 0.05) is 11.1 Å². The molecule has 0 atom stereocenters. The van der Waals surface area contributed by atoms with Crippen LogP contribution in [-0.2, 0) is 6.18 Å². The Bertz CT molecular complexity index is 1210. The third-order valence-electron chi connectivity index (χ3n) is 4.13. The van der Waals surface area contributed by atoms with E-state index in [1.807, 2.05) is 0 Å². The summed E-state index contributed by atoms with van der Waals surface area (Å²) in [7, 11) is 0. The lowest BCUT2D eigenvalue weighted by Gasteiger charge is -2.13. The number of rotatable bonds is 4. The molecule has 0 fully saturated rings. The van der Waals surface area contributed by atoms with Gasteiger partial charge in [-0.3, -0.25) is 9.78 Å². The van der Waals surface area contributed by atoms with E-state index < -0.39 is 28.7 Å². The number of hydrogen-bond donors (Lipinski definition) is 2. The molecule has 0 saturated heterocycles. The molecule has 0 saturated carbocycles. The van der Waals surface area contributed by atoms with Crippen LogP contribution < -0.4 is 11.0 Å². The van der Waals surface area contributed by atoms with Crippen molar-refractivity contribution in [3.8, 4) is 17.3 Å². The van der Waals surface area contributed by atoms with Crippen LogP contribution in [0.1, 0.15) is 22.3 Å². The third kappa shape index (κ3) is 4.20. The molecule has 3 rings (SSSR count). The highest BCUT2D eigenvalue weighted by atomic mass is 19.4. The van der Waals surface area contributed by atoms with E-state index in [4.69, 9.17) is 0 Å². The molecule has 0 radical (unpaired) electrons. The van der Waals surface area contributed by atoms with E-state index in [2.05, 4.69) is 20.5 Å². The molecule has 2 N–H and O–H groups in total. The Morgan fingerprint density at radius 3 is 2.53 bits per heavy atom. The number of alkyl halides is 3. The number of H-pyrrole nitrogens is 1. The maximum atomic E-state index is 14.0. The van der Waals surface area contributed by atoms with Crippen LogP contribution >= 0.6 is 0 Å². The Morgan fingerprint density at radius 2 is 1.90 bits per heavy atom. The van der Waals surface area contributed by atoms with Crippen molar-refractivity contribution in [3.05, 3.63) is 80.9 Å². The minimum absolute atomic E-state index is 0.0669. The molecule has 0 aliphatic carbocycles. The Kier molecular flexibility index (Phi) is 5.64. The van der Waals surface area contributed by atoms with E-state index in [1.165, 1.54) is 6.92 Å². The Balaban J connectivity index is 1.99. The van der Waals surface area contributed by atoms with Crippen molar-refractivity contribution in [3.63, 3.8) is 0 Å². The molecule has 0 amide bonds. The van der Waals surface area contributed by atoms with Gasteiger partial charge in [0.15, 0.2) is 0 Å². The number of aromatic nitrogens is 2. The average molecular weight is 415 g/mol. The van der Waals surface area contributed by atoms with Gasteiger partial charge in [-0.1, -0.05) is 36.4 Å². The van der Waals surface area contributed by atoms with Gasteiger partial charge < -0.3 is 0 Å². The average Bonchev–Trinajstić information content (AvgIpc) is 2.70. The zero-order valence-electron chi connectivity index (χ0n) is 15.4. The van der Waals surface area contributed by atoms with Gasteiger partial charge in [-0.25, -0.2) is 14.8 Å². The monoisotopic (exact) mass is 415 g/mol. The van der Waals surface area contributed by atoms with Crippen molar-refractivity contribution in [1.82, 2.24) is 9.97 Å². The summed E-state index contributed by atoms with van der Waals surface area (Å²) in [5.74, 6) is -1.33. The SMILES string of the molecule is Cc1ccc(F)c(C=NNc2nc(-c3ccccc3)c(C#N)c(=O)[nH]2)c1C(F)(F)F. The van der Waals surface area contributed by atoms with E-state index in [1.54, 1.807) is 36.4 Å². The van der Waals surface area contributed by atoms with Crippen LogP contribution in [0.4, 0.5) is 23.5 Å². The van der Waals surface area contributed by atoms with Crippen molar-refractivity contribution < 1.29 is 17.6 Å². The lowest BCUT2D eigenvalue weighted by molar-refractivity contribution is -0.138. The molecule has 1 heterocycles. The van der Waals surface area contributed by atoms with Crippen LogP contribution in [-0.4, -0.2) is 16.2 Å². The summed E-state index contributed by atoms with van der Waals surface area (Å²) in [6, 6.07) is 12.1. The number of nitrogens with one attached hydrogen (secondary N) is 2. The summed E-state index contributed by atoms with van der Waals surface area (Å²) < 4.78 is 53.8. The Labute approximate surface area is 167 Å². The van der Waals surface area contributed by atoms with Crippen LogP contribution in [0.5, 0.6) is 0 Å². The molecule has 6 nitrogen and oxygen atoms in total. The fourth-order valence-electron chi connectivity index (χ4n) is 2.80. The number of hydrazone groups is 1. The van der Waals surface area contributed by atoms with E-state index in [0.29, 0.717) is 11.8 Å². The van der Waals surface area contributed by atoms with Gasteiger partial charge in [-0.05, 0) is 18.6 Å². The predicted molar refractivity (Wildman–Crippen MR) is 102 cm³/mol. The summed E-state index contributed by atoms with van der Waals surface area (Å²) >= 11 is 0. The molecule has 0 aliphatic heterocycles. The van der Waals surface area contributed by atoms with E-state index >= 15 is 0 Å². The molecule has 30 heavy (non-hydrogen) atoms. The second-order valence-electron chi connectivity index (χ2n) is 6.14. The summed E-state index contributed by atoms with van der Waals surface area (Å²) in [5.41, 5.74) is -0.243. The molecule has 0 spiro atoms. The van der Waals surface area contributed by atoms with Crippen molar-refractivity contribution in [2.24, 2.45) is 5.10 Å². The third-order valence-corrected chi connectivity index (χ3v) is 4.13. The molecule has 0 bridgehead atoms. The second kappa shape index (κ2) is 8.16. The van der Waals surface area contributed by atoms with Gasteiger partial charge in [0.25, 0.3) is 5.56 Å². The normalized spacial score (nSPS) is 11.5. The maximum Gasteiger partial charge on any atom is 0.417 e. The smallest absolute Gasteiger partial charge is 0.290 e. The van der Waals surface area contributed by atoms with Gasteiger partial charge in [0.2, 0.25) is 5.95 Å². The lowest BCUT2D eigenvalue weighted by Crippen LogP contribution is -2.16. The van der Waals surface area contributed by atoms with Crippen LogP contribution in [0.15, 0.2) is 52.4 Å². The first-order valence-corrected chi connectivity index (χ1v) is 8.47. The molecule has 0 aliphatic rings. The number of aryl methyl sites for hydroxylation is 1. The van der Waals surface area contributed by atoms with E-state index in [-0.39, 0.29) is 22.8 Å². The number of benzene rings is 2. The fraction of sp³-hybridized carbons (Fsp3) is 0.100. The fourth-order valence-corrected chi connectivity index (χ4v) is 2.80. The number of aromatic amines is 1. The highest BCUT2D eigenvalue weighted by Gasteiger charge is 2.36. The zero-order valence-corrected chi connectivity index (χ0v) is 15.4. The molecule has 2 aromatic carbocycles. The lowest BCUT2D eigenvalue weighted by atomic mass is 10.0. The second-order valence-corrected chi connectivity index (χ2v) is 6.14. The first-order valence-electron chi connectivity index (χ1n) is 8.47. The summed E-state index contributed by atoms with van der Waals surface area (Å²) in [5, 5.41) is 12.8. The number of nitrogens with zero attached hydrogens (tertiary/aromatic N) is 3. The quantitative estimate of drug-likeness (QED) is 0.379. The number of nitriles is 1. The Morgan fingerprint density at radius 1 is 1.20 bits per heavy atom. The molecule has 152 valence electrons. The molecule has 1 aromatic heterocycles. The van der Waals surface area contributed by atoms with Gasteiger partial charge in [0.05, 0.1) is 17.5 Å². The first kappa shape index (κ1) is 20.7. The summed E-state index contributed by atoms with van der Waals surface area (Å²) in [4.78, 5) is 18.5. The molecule has 0 unspecified atom stereocenters. The van der Waals surface area contributed by atoms with Crippen molar-refractivity contribution >= 4 is 12.2 Å². The predicted octanol–water partition coefficient (Wildman–Crippen LogP) is 4.22. The molecule has 10 heteroatoms. The van der Waals surface area contributed by atoms with Crippen LogP contribution in [0.2, 0.25) is 0 Å². The topological polar surface area (TPSA) is 93.9 Å². The zero-order chi connectivity index (χ0) is 21.9. The minimum atomic E-state index is -4.78. The minimum Gasteiger partial charge on any atom is -0.290 e. The van der Waals surface area contributed by atoms with Crippen LogP contribution in [0.3, 0.4) is 0 Å². The van der Waals surface area contributed by atoms with E-state index in [0.717, 1.165) is 12.1 Å². The highest BCUT2D eigenvalue weighted by molar-refractivity contribution is 5.83. The van der Waals surface area contributed by atoms with Crippen molar-refractivity contribution in [1.29, 1.82) is 5.26 Å². The van der Waals surface area contributed by atoms with Crippen molar-refractivity contribution in [2.45, 2.75) is 13.1 Å². The number of hydrogen-bond acceptors (Lipinski definition) is 5. The Hall–Kier alpha value is -4.00. The van der Waals surface area contributed by atoms with Crippen LogP contribution in [0.25, 0.3) is 11.3 Å². The van der Waals surface area contributed by atoms with E-state index in [9.17, 15) is 27.6 Å². The van der Waals surface area contributed by atoms with Gasteiger partial charge in [-0.15, -0.1) is 0 Å². The number of anilines is 1. The first-order chi connectivity index (χ1) is 14.2. The van der Waals surface area contributed by atoms with Crippen LogP contribution in [0, 0.1) is 24.1 Å². The number of halogens is 4. The maximum absolute atomic E-state index is 14.0. The highest BCUT2D eigenvalue weighted by Crippen LogP contribution is 2.35. The van der Waals surface area contributed by atoms with Gasteiger partial charge >= 0.3 is 6.18 Å². The van der Waals surface area contributed by atoms with Crippen molar-refractivity contribution in [2.75, 3.05) is 5.43 Å². The molecular weight excluding hydrogens is 402 g/mol. The molecule has 3 aromatic rings. The van der Waals surface area contributed by atoms with Gasteiger partial charge in [-0.2, -0.15) is 23.5 Å². The standard InChI is InChI=1S/C20H13F4N5O/c1-11-7-8-15(21)14(16(11)20(22,23)24)10-26-29-19-27-17(12-5-3-2-4-6-12)13(9-25)18(30)28-19/h2-8,10H,1H3,(H2,27,28,29,30). The largest absolute Gasteiger partial charge is 0.417 e. The summed E-state index contributed by atoms with van der Waals surface area (Å²) in [6.07, 6.45) is -4.12. The molecular formula is C20H13F4N5O.